The summed E-state index contributed by atoms with van der Waals surface area (Å²) in [7, 11) is 3.82. The summed E-state index contributed by atoms with van der Waals surface area (Å²) < 4.78 is 44.5. The number of nitrogens with zero attached hydrogens (tertiary/aromatic N) is 7. The van der Waals surface area contributed by atoms with Gasteiger partial charge >= 0.3 is 5.69 Å². The van der Waals surface area contributed by atoms with Crippen molar-refractivity contribution in [2.45, 2.75) is 89.1 Å². The minimum Gasteiger partial charge on any atom is -0.444 e. The Morgan fingerprint density at radius 2 is 1.84 bits per heavy atom. The molecule has 2 aliphatic carbocycles. The molecule has 2 saturated carbocycles. The Kier molecular flexibility index (Phi) is 13.2. The normalized spacial score (nSPS) is 19.4. The zero-order chi connectivity index (χ0) is 43.3. The van der Waals surface area contributed by atoms with Gasteiger partial charge in [-0.15, -0.1) is 0 Å². The highest BCUT2D eigenvalue weighted by Crippen LogP contribution is 2.36. The number of piperidine rings is 1. The van der Waals surface area contributed by atoms with Gasteiger partial charge in [0.2, 0.25) is 17.7 Å². The summed E-state index contributed by atoms with van der Waals surface area (Å²) in [6.45, 7) is 3.85. The van der Waals surface area contributed by atoms with Crippen LogP contribution in [0.1, 0.15) is 104 Å². The van der Waals surface area contributed by atoms with Gasteiger partial charge in [0.1, 0.15) is 18.1 Å². The first kappa shape index (κ1) is 42.9. The molecule has 3 N–H and O–H groups in total. The van der Waals surface area contributed by atoms with Crippen LogP contribution >= 0.6 is 0 Å². The molecular formula is C44H54F2N10O6. The maximum absolute atomic E-state index is 14.1. The first-order valence-electron chi connectivity index (χ1n) is 21.7. The van der Waals surface area contributed by atoms with Crippen molar-refractivity contribution in [3.8, 4) is 11.5 Å². The number of oxazole rings is 1. The molecule has 1 aromatic carbocycles. The van der Waals surface area contributed by atoms with E-state index in [9.17, 15) is 28.0 Å². The van der Waals surface area contributed by atoms with Crippen LogP contribution < -0.4 is 21.6 Å². The van der Waals surface area contributed by atoms with Gasteiger partial charge in [0.25, 0.3) is 12.3 Å². The van der Waals surface area contributed by atoms with E-state index in [1.807, 2.05) is 18.2 Å². The average molecular weight is 857 g/mol. The number of aromatic nitrogens is 6. The highest BCUT2D eigenvalue weighted by atomic mass is 19.3. The van der Waals surface area contributed by atoms with Gasteiger partial charge in [-0.25, -0.2) is 23.5 Å². The minimum atomic E-state index is -2.87. The number of alkyl halides is 2. The first-order valence-corrected chi connectivity index (χ1v) is 21.7. The Morgan fingerprint density at radius 3 is 2.61 bits per heavy atom. The molecule has 0 unspecified atom stereocenters. The highest BCUT2D eigenvalue weighted by molar-refractivity contribution is 6.03. The number of nitrogens with one attached hydrogen (secondary N) is 3. The molecule has 8 rings (SSSR count). The van der Waals surface area contributed by atoms with Gasteiger partial charge in [-0.1, -0.05) is 12.1 Å². The number of pyridine rings is 1. The number of rotatable bonds is 19. The zero-order valence-corrected chi connectivity index (χ0v) is 35.2. The van der Waals surface area contributed by atoms with Gasteiger partial charge in [-0.2, -0.15) is 5.10 Å². The van der Waals surface area contributed by atoms with Crippen molar-refractivity contribution in [2.24, 2.45) is 18.9 Å². The third-order valence-electron chi connectivity index (χ3n) is 12.3. The maximum Gasteiger partial charge on any atom is 0.329 e. The summed E-state index contributed by atoms with van der Waals surface area (Å²) in [5.74, 6) is 0.623. The molecule has 3 fully saturated rings. The smallest absolute Gasteiger partial charge is 0.329 e. The van der Waals surface area contributed by atoms with Crippen molar-refractivity contribution in [3.05, 3.63) is 76.4 Å². The number of hydrogen-bond acceptors (Lipinski definition) is 11. The lowest BCUT2D eigenvalue weighted by Crippen LogP contribution is -2.44. The number of hydrogen-bond donors (Lipinski definition) is 3. The van der Waals surface area contributed by atoms with Crippen molar-refractivity contribution < 1.29 is 32.3 Å². The van der Waals surface area contributed by atoms with Crippen LogP contribution in [-0.2, 0) is 27.8 Å². The highest BCUT2D eigenvalue weighted by Gasteiger charge is 2.32. The van der Waals surface area contributed by atoms with E-state index in [1.165, 1.54) is 29.9 Å². The number of imidazole rings is 1. The van der Waals surface area contributed by atoms with Crippen molar-refractivity contribution in [2.75, 3.05) is 50.5 Å². The SMILES string of the molecule is CN(CCCOCCCc1cccc2c1n(C)c(=O)n2[C@H]1CCC(=O)NC1=O)CC1CCC(n2cc(NC(=O)c3coc(-c4ccnc(NCC5CC5)c4)n3)c(C(F)F)n2)CC1. The molecule has 3 amide bonds. The molecule has 1 saturated heterocycles. The van der Waals surface area contributed by atoms with E-state index in [0.29, 0.717) is 54.8 Å². The van der Waals surface area contributed by atoms with Crippen LogP contribution in [0, 0.1) is 11.8 Å². The van der Waals surface area contributed by atoms with Crippen LogP contribution in [-0.4, -0.2) is 91.4 Å². The van der Waals surface area contributed by atoms with Crippen molar-refractivity contribution in [1.82, 2.24) is 39.1 Å². The molecule has 5 aromatic rings. The maximum atomic E-state index is 14.1. The summed E-state index contributed by atoms with van der Waals surface area (Å²) in [6, 6.07) is 8.49. The van der Waals surface area contributed by atoms with Gasteiger partial charge in [-0.3, -0.25) is 33.5 Å². The molecule has 1 aliphatic heterocycles. The third kappa shape index (κ3) is 9.96. The first-order chi connectivity index (χ1) is 30.0. The third-order valence-corrected chi connectivity index (χ3v) is 12.3. The van der Waals surface area contributed by atoms with Crippen LogP contribution in [0.3, 0.4) is 0 Å². The molecule has 0 bridgehead atoms. The molecule has 1 atom stereocenters. The number of carbonyl (C=O) groups excluding carboxylic acids is 3. The summed E-state index contributed by atoms with van der Waals surface area (Å²) >= 11 is 0. The molecule has 4 aromatic heterocycles. The predicted octanol–water partition coefficient (Wildman–Crippen LogP) is 6.28. The summed E-state index contributed by atoms with van der Waals surface area (Å²) in [4.78, 5) is 61.6. The van der Waals surface area contributed by atoms with Crippen LogP contribution in [0.2, 0.25) is 0 Å². The minimum absolute atomic E-state index is 0.0325. The molecule has 3 aliphatic rings. The Morgan fingerprint density at radius 1 is 1.05 bits per heavy atom. The lowest BCUT2D eigenvalue weighted by molar-refractivity contribution is -0.135. The lowest BCUT2D eigenvalue weighted by Gasteiger charge is -2.31. The van der Waals surface area contributed by atoms with E-state index in [-0.39, 0.29) is 41.3 Å². The fourth-order valence-electron chi connectivity index (χ4n) is 8.76. The van der Waals surface area contributed by atoms with Crippen LogP contribution in [0.25, 0.3) is 22.5 Å². The second-order valence-electron chi connectivity index (χ2n) is 16.9. The average Bonchev–Trinajstić information content (AvgIpc) is 3.66. The predicted molar refractivity (Wildman–Crippen MR) is 227 cm³/mol. The van der Waals surface area contributed by atoms with Gasteiger partial charge in [0.15, 0.2) is 11.4 Å². The van der Waals surface area contributed by atoms with E-state index in [4.69, 9.17) is 9.15 Å². The molecular weight excluding hydrogens is 803 g/mol. The van der Waals surface area contributed by atoms with Crippen LogP contribution in [0.15, 0.2) is 58.2 Å². The van der Waals surface area contributed by atoms with Crippen LogP contribution in [0.4, 0.5) is 20.3 Å². The second-order valence-corrected chi connectivity index (χ2v) is 16.9. The largest absolute Gasteiger partial charge is 0.444 e. The number of benzene rings is 1. The molecule has 62 heavy (non-hydrogen) atoms. The topological polar surface area (TPSA) is 183 Å². The summed E-state index contributed by atoms with van der Waals surface area (Å²) in [5, 5.41) is 12.5. The molecule has 330 valence electrons. The van der Waals surface area contributed by atoms with E-state index >= 15 is 0 Å². The number of aryl methyl sites for hydroxylation is 2. The number of halogens is 2. The standard InChI is InChI=1S/C44H54F2N10O6/c1-53(19-5-21-61-20-4-7-29-6-3-8-34-39(29)54(2)44(60)56(34)35-15-16-37(57)51-42(35)59)24-28-11-13-31(14-12-28)55-25-32(38(52-55)40(45)46)49-41(58)33-26-62-43(50-33)30-17-18-47-36(22-30)48-23-27-9-10-27/h3,6,8,17-18,22,25-28,31,35,40H,4-5,7,9-16,19-21,23-24H2,1-2H3,(H,47,48)(H,49,58)(H,51,57,59)/t28?,31?,35-/m0/s1. The fraction of sp³-hybridized carbons (Fsp3) is 0.523. The number of anilines is 2. The van der Waals surface area contributed by atoms with Crippen LogP contribution in [0.5, 0.6) is 0 Å². The van der Waals surface area contributed by atoms with Gasteiger partial charge < -0.3 is 24.7 Å². The van der Waals surface area contributed by atoms with Gasteiger partial charge in [-0.05, 0) is 107 Å². The number of fused-ring (bicyclic) bond motifs is 1. The molecule has 0 spiro atoms. The Hall–Kier alpha value is -5.75. The number of imide groups is 1. The molecule has 18 heteroatoms. The molecule has 16 nitrogen and oxygen atoms in total. The van der Waals surface area contributed by atoms with E-state index in [1.54, 1.807) is 34.6 Å². The molecule has 0 radical (unpaired) electrons. The monoisotopic (exact) mass is 856 g/mol. The number of amides is 3. The fourth-order valence-corrected chi connectivity index (χ4v) is 8.76. The Bertz CT molecular complexity index is 2450. The van der Waals surface area contributed by atoms with Gasteiger partial charge in [0, 0.05) is 64.3 Å². The summed E-state index contributed by atoms with van der Waals surface area (Å²) in [5.41, 5.74) is 2.30. The number of carbonyl (C=O) groups is 3. The van der Waals surface area contributed by atoms with Crippen molar-refractivity contribution >= 4 is 40.3 Å². The Labute approximate surface area is 357 Å². The van der Waals surface area contributed by atoms with Gasteiger partial charge in [0.05, 0.1) is 22.8 Å². The van der Waals surface area contributed by atoms with Crippen molar-refractivity contribution in [3.63, 3.8) is 0 Å². The summed E-state index contributed by atoms with van der Waals surface area (Å²) in [6.07, 6.45) is 10.2. The zero-order valence-electron chi connectivity index (χ0n) is 35.2. The van der Waals surface area contributed by atoms with E-state index in [2.05, 4.69) is 43.0 Å². The number of ether oxygens (including phenoxy) is 1. The van der Waals surface area contributed by atoms with E-state index < -0.39 is 30.0 Å². The Balaban J connectivity index is 0.752. The second kappa shape index (κ2) is 19.1. The molecule has 5 heterocycles. The van der Waals surface area contributed by atoms with E-state index in [0.717, 1.165) is 69.2 Å². The van der Waals surface area contributed by atoms with Crippen molar-refractivity contribution in [1.29, 1.82) is 0 Å². The number of para-hydroxylation sites is 1. The lowest BCUT2D eigenvalue weighted by atomic mass is 9.86. The quantitative estimate of drug-likeness (QED) is 0.0628.